The summed E-state index contributed by atoms with van der Waals surface area (Å²) in [6.45, 7) is 7.25. The molecule has 0 radical (unpaired) electrons. The van der Waals surface area contributed by atoms with Gasteiger partial charge in [0, 0.05) is 24.8 Å². The molecule has 0 spiro atoms. The summed E-state index contributed by atoms with van der Waals surface area (Å²) in [5, 5.41) is 0. The van der Waals surface area contributed by atoms with Crippen LogP contribution in [0.1, 0.15) is 12.5 Å². The number of ether oxygens (including phenoxy) is 2. The fraction of sp³-hybridized carbons (Fsp3) is 0.429. The Bertz CT molecular complexity index is 421. The smallest absolute Gasteiger partial charge is 0.320 e. The van der Waals surface area contributed by atoms with E-state index < -0.39 is 0 Å². The van der Waals surface area contributed by atoms with Crippen molar-refractivity contribution in [3.63, 3.8) is 0 Å². The van der Waals surface area contributed by atoms with Crippen molar-refractivity contribution in [3.8, 4) is 5.88 Å². The first-order valence-corrected chi connectivity index (χ1v) is 6.18. The van der Waals surface area contributed by atoms with Crippen LogP contribution in [-0.4, -0.2) is 42.7 Å². The molecule has 1 aromatic heterocycles. The van der Waals surface area contributed by atoms with Gasteiger partial charge in [0.2, 0.25) is 5.88 Å². The van der Waals surface area contributed by atoms with Gasteiger partial charge in [0.1, 0.15) is 0 Å². The van der Waals surface area contributed by atoms with E-state index in [4.69, 9.17) is 9.47 Å². The molecule has 1 aromatic rings. The van der Waals surface area contributed by atoms with E-state index in [0.29, 0.717) is 25.6 Å². The van der Waals surface area contributed by atoms with Crippen molar-refractivity contribution in [2.45, 2.75) is 13.5 Å². The molecule has 5 heteroatoms. The van der Waals surface area contributed by atoms with E-state index in [9.17, 15) is 4.79 Å². The van der Waals surface area contributed by atoms with E-state index in [-0.39, 0.29) is 12.5 Å². The highest BCUT2D eigenvalue weighted by atomic mass is 16.5. The van der Waals surface area contributed by atoms with Crippen molar-refractivity contribution >= 4 is 5.97 Å². The standard InChI is InChI=1S/C14H20N2O3/c1-4-9-16(11-13(17)19-5-2)10-12-7-6-8-15-14(12)18-3/h4,6-8H,1,5,9-11H2,2-3H3. The third kappa shape index (κ3) is 5.09. The highest BCUT2D eigenvalue weighted by Gasteiger charge is 2.13. The summed E-state index contributed by atoms with van der Waals surface area (Å²) in [6, 6.07) is 3.77. The predicted octanol–water partition coefficient (Wildman–Crippen LogP) is 1.64. The normalized spacial score (nSPS) is 10.3. The molecule has 0 bridgehead atoms. The van der Waals surface area contributed by atoms with E-state index in [1.165, 1.54) is 0 Å². The van der Waals surface area contributed by atoms with Gasteiger partial charge in [-0.3, -0.25) is 9.69 Å². The molecular weight excluding hydrogens is 244 g/mol. The van der Waals surface area contributed by atoms with Gasteiger partial charge in [-0.15, -0.1) is 6.58 Å². The van der Waals surface area contributed by atoms with Gasteiger partial charge in [0.25, 0.3) is 0 Å². The Kier molecular flexibility index (Phi) is 6.60. The number of esters is 1. The van der Waals surface area contributed by atoms with Crippen LogP contribution < -0.4 is 4.74 Å². The SMILES string of the molecule is C=CCN(CC(=O)OCC)Cc1cccnc1OC. The molecule has 0 amide bonds. The van der Waals surface area contributed by atoms with Gasteiger partial charge in [0.15, 0.2) is 0 Å². The molecule has 0 saturated heterocycles. The van der Waals surface area contributed by atoms with Crippen LogP contribution in [0.4, 0.5) is 0 Å². The minimum absolute atomic E-state index is 0.220. The summed E-state index contributed by atoms with van der Waals surface area (Å²) in [5.74, 6) is 0.327. The number of carbonyl (C=O) groups excluding carboxylic acids is 1. The Morgan fingerprint density at radius 2 is 2.37 bits per heavy atom. The molecule has 1 rings (SSSR count). The first-order valence-electron chi connectivity index (χ1n) is 6.18. The topological polar surface area (TPSA) is 51.7 Å². The zero-order valence-corrected chi connectivity index (χ0v) is 11.5. The lowest BCUT2D eigenvalue weighted by Crippen LogP contribution is -2.31. The lowest BCUT2D eigenvalue weighted by atomic mass is 10.2. The first kappa shape index (κ1) is 15.2. The highest BCUT2D eigenvalue weighted by Crippen LogP contribution is 2.15. The number of pyridine rings is 1. The third-order valence-corrected chi connectivity index (χ3v) is 2.48. The summed E-state index contributed by atoms with van der Waals surface area (Å²) >= 11 is 0. The maximum absolute atomic E-state index is 11.5. The van der Waals surface area contributed by atoms with Crippen LogP contribution in [0.2, 0.25) is 0 Å². The number of hydrogen-bond acceptors (Lipinski definition) is 5. The molecule has 0 aliphatic heterocycles. The summed E-state index contributed by atoms with van der Waals surface area (Å²) < 4.78 is 10.1. The average molecular weight is 264 g/mol. The second kappa shape index (κ2) is 8.26. The monoisotopic (exact) mass is 264 g/mol. The van der Waals surface area contributed by atoms with Gasteiger partial charge >= 0.3 is 5.97 Å². The summed E-state index contributed by atoms with van der Waals surface area (Å²) in [5.41, 5.74) is 0.927. The second-order valence-corrected chi connectivity index (χ2v) is 3.94. The number of aromatic nitrogens is 1. The molecule has 0 aliphatic rings. The van der Waals surface area contributed by atoms with Gasteiger partial charge in [-0.05, 0) is 13.0 Å². The van der Waals surface area contributed by atoms with Gasteiger partial charge in [0.05, 0.1) is 20.3 Å². The van der Waals surface area contributed by atoms with Gasteiger partial charge in [-0.2, -0.15) is 0 Å². The number of nitrogens with zero attached hydrogens (tertiary/aromatic N) is 2. The zero-order chi connectivity index (χ0) is 14.1. The molecule has 1 heterocycles. The van der Waals surface area contributed by atoms with Crippen LogP contribution in [-0.2, 0) is 16.1 Å². The predicted molar refractivity (Wildman–Crippen MR) is 72.9 cm³/mol. The Morgan fingerprint density at radius 3 is 3.00 bits per heavy atom. The quantitative estimate of drug-likeness (QED) is 0.528. The van der Waals surface area contributed by atoms with E-state index in [1.807, 2.05) is 17.0 Å². The molecule has 5 nitrogen and oxygen atoms in total. The molecule has 104 valence electrons. The van der Waals surface area contributed by atoms with Crippen molar-refractivity contribution in [3.05, 3.63) is 36.5 Å². The Labute approximate surface area is 113 Å². The highest BCUT2D eigenvalue weighted by molar-refractivity contribution is 5.71. The van der Waals surface area contributed by atoms with Crippen molar-refractivity contribution in [2.24, 2.45) is 0 Å². The third-order valence-electron chi connectivity index (χ3n) is 2.48. The van der Waals surface area contributed by atoms with Gasteiger partial charge in [-0.1, -0.05) is 12.1 Å². The second-order valence-electron chi connectivity index (χ2n) is 3.94. The molecule has 0 atom stereocenters. The summed E-state index contributed by atoms with van der Waals surface area (Å²) in [6.07, 6.45) is 3.42. The fourth-order valence-electron chi connectivity index (χ4n) is 1.73. The Hall–Kier alpha value is -1.88. The lowest BCUT2D eigenvalue weighted by molar-refractivity contribution is -0.144. The Balaban J connectivity index is 2.71. The number of carbonyl (C=O) groups is 1. The van der Waals surface area contributed by atoms with Crippen molar-refractivity contribution < 1.29 is 14.3 Å². The van der Waals surface area contributed by atoms with E-state index in [1.54, 1.807) is 26.3 Å². The van der Waals surface area contributed by atoms with Crippen LogP contribution in [0.15, 0.2) is 31.0 Å². The molecule has 0 unspecified atom stereocenters. The molecule has 0 N–H and O–H groups in total. The van der Waals surface area contributed by atoms with E-state index in [0.717, 1.165) is 5.56 Å². The lowest BCUT2D eigenvalue weighted by Gasteiger charge is -2.20. The van der Waals surface area contributed by atoms with E-state index >= 15 is 0 Å². The van der Waals surface area contributed by atoms with Crippen LogP contribution >= 0.6 is 0 Å². The van der Waals surface area contributed by atoms with E-state index in [2.05, 4.69) is 11.6 Å². The molecular formula is C14H20N2O3. The van der Waals surface area contributed by atoms with Crippen LogP contribution in [0.3, 0.4) is 0 Å². The number of rotatable bonds is 8. The van der Waals surface area contributed by atoms with Crippen molar-refractivity contribution in [1.29, 1.82) is 0 Å². The summed E-state index contributed by atoms with van der Waals surface area (Å²) in [7, 11) is 1.58. The average Bonchev–Trinajstić information content (AvgIpc) is 2.40. The number of hydrogen-bond donors (Lipinski definition) is 0. The first-order chi connectivity index (χ1) is 9.21. The maximum Gasteiger partial charge on any atom is 0.320 e. The molecule has 0 aliphatic carbocycles. The summed E-state index contributed by atoms with van der Waals surface area (Å²) in [4.78, 5) is 17.6. The van der Waals surface area contributed by atoms with Crippen LogP contribution in [0, 0.1) is 0 Å². The minimum atomic E-state index is -0.243. The van der Waals surface area contributed by atoms with Crippen LogP contribution in [0.25, 0.3) is 0 Å². The largest absolute Gasteiger partial charge is 0.481 e. The Morgan fingerprint density at radius 1 is 1.58 bits per heavy atom. The number of methoxy groups -OCH3 is 1. The molecule has 0 fully saturated rings. The fourth-order valence-corrected chi connectivity index (χ4v) is 1.73. The molecule has 0 saturated carbocycles. The van der Waals surface area contributed by atoms with Gasteiger partial charge in [-0.25, -0.2) is 4.98 Å². The van der Waals surface area contributed by atoms with Crippen molar-refractivity contribution in [2.75, 3.05) is 26.8 Å². The molecule has 0 aromatic carbocycles. The maximum atomic E-state index is 11.5. The minimum Gasteiger partial charge on any atom is -0.481 e. The van der Waals surface area contributed by atoms with Gasteiger partial charge < -0.3 is 9.47 Å². The van der Waals surface area contributed by atoms with Crippen LogP contribution in [0.5, 0.6) is 5.88 Å². The zero-order valence-electron chi connectivity index (χ0n) is 11.5. The molecule has 19 heavy (non-hydrogen) atoms. The van der Waals surface area contributed by atoms with Crippen molar-refractivity contribution in [1.82, 2.24) is 9.88 Å².